The molecule has 33 heavy (non-hydrogen) atoms. The van der Waals surface area contributed by atoms with Crippen molar-refractivity contribution in [2.75, 3.05) is 19.8 Å². The normalized spacial score (nSPS) is 12.0. The van der Waals surface area contributed by atoms with Crippen LogP contribution in [0.15, 0.2) is 0 Å². The highest BCUT2D eigenvalue weighted by Gasteiger charge is 2.39. The minimum absolute atomic E-state index is 0.690. The van der Waals surface area contributed by atoms with Crippen LogP contribution in [-0.4, -0.2) is 28.6 Å². The maximum absolute atomic E-state index is 6.24. The van der Waals surface area contributed by atoms with Crippen LogP contribution in [0.4, 0.5) is 0 Å². The van der Waals surface area contributed by atoms with E-state index in [0.29, 0.717) is 13.2 Å². The molecule has 0 aromatic heterocycles. The van der Waals surface area contributed by atoms with Gasteiger partial charge in [0.25, 0.3) is 0 Å². The lowest BCUT2D eigenvalue weighted by Crippen LogP contribution is -2.46. The van der Waals surface area contributed by atoms with Crippen molar-refractivity contribution in [2.45, 2.75) is 169 Å². The van der Waals surface area contributed by atoms with Gasteiger partial charge < -0.3 is 13.3 Å². The van der Waals surface area contributed by atoms with Crippen molar-refractivity contribution in [3.05, 3.63) is 0 Å². The zero-order chi connectivity index (χ0) is 24.3. The Morgan fingerprint density at radius 1 is 0.364 bits per heavy atom. The molecule has 200 valence electrons. The second-order valence-corrected chi connectivity index (χ2v) is 12.6. The first-order chi connectivity index (χ1) is 16.2. The molecule has 0 atom stereocenters. The molecule has 0 fully saturated rings. The van der Waals surface area contributed by atoms with Crippen LogP contribution < -0.4 is 0 Å². The summed E-state index contributed by atoms with van der Waals surface area (Å²) < 4.78 is 18.3. The molecular formula is C29H62O3Si. The SMILES string of the molecule is CCCCCCCCCCCCCCCCCCCCCO[Si](CCCC)(OCC)OCC. The molecule has 0 aliphatic heterocycles. The lowest BCUT2D eigenvalue weighted by Gasteiger charge is -2.29. The van der Waals surface area contributed by atoms with Crippen molar-refractivity contribution in [1.29, 1.82) is 0 Å². The van der Waals surface area contributed by atoms with Crippen LogP contribution >= 0.6 is 0 Å². The Kier molecular flexibility index (Phi) is 26.8. The zero-order valence-corrected chi connectivity index (χ0v) is 24.4. The van der Waals surface area contributed by atoms with Gasteiger partial charge in [0.15, 0.2) is 0 Å². The van der Waals surface area contributed by atoms with Gasteiger partial charge >= 0.3 is 8.80 Å². The maximum Gasteiger partial charge on any atom is 0.500 e. The van der Waals surface area contributed by atoms with Crippen LogP contribution in [0.2, 0.25) is 6.04 Å². The van der Waals surface area contributed by atoms with Crippen molar-refractivity contribution < 1.29 is 13.3 Å². The molecule has 0 amide bonds. The smallest absolute Gasteiger partial charge is 0.374 e. The van der Waals surface area contributed by atoms with Gasteiger partial charge in [0.05, 0.1) is 0 Å². The topological polar surface area (TPSA) is 27.7 Å². The average molecular weight is 487 g/mol. The Bertz CT molecular complexity index is 359. The van der Waals surface area contributed by atoms with E-state index in [1.54, 1.807) is 0 Å². The highest BCUT2D eigenvalue weighted by atomic mass is 28.4. The molecule has 0 unspecified atom stereocenters. The van der Waals surface area contributed by atoms with Crippen LogP contribution in [0.3, 0.4) is 0 Å². The van der Waals surface area contributed by atoms with E-state index in [1.165, 1.54) is 116 Å². The summed E-state index contributed by atoms with van der Waals surface area (Å²) >= 11 is 0. The Morgan fingerprint density at radius 2 is 0.697 bits per heavy atom. The van der Waals surface area contributed by atoms with E-state index < -0.39 is 8.80 Å². The van der Waals surface area contributed by atoms with Gasteiger partial charge in [-0.05, 0) is 26.7 Å². The fourth-order valence-corrected chi connectivity index (χ4v) is 7.39. The summed E-state index contributed by atoms with van der Waals surface area (Å²) in [5.74, 6) is 0. The first-order valence-corrected chi connectivity index (χ1v) is 17.1. The number of hydrogen-bond acceptors (Lipinski definition) is 3. The van der Waals surface area contributed by atoms with E-state index in [-0.39, 0.29) is 0 Å². The Balaban J connectivity index is 3.43. The van der Waals surface area contributed by atoms with Crippen LogP contribution in [-0.2, 0) is 13.3 Å². The van der Waals surface area contributed by atoms with Crippen molar-refractivity contribution in [3.63, 3.8) is 0 Å². The maximum atomic E-state index is 6.24. The summed E-state index contributed by atoms with van der Waals surface area (Å²) in [6.45, 7) is 10.8. The Morgan fingerprint density at radius 3 is 1.03 bits per heavy atom. The molecule has 0 heterocycles. The highest BCUT2D eigenvalue weighted by molar-refractivity contribution is 6.60. The monoisotopic (exact) mass is 486 g/mol. The van der Waals surface area contributed by atoms with Gasteiger partial charge in [-0.2, -0.15) is 0 Å². The molecule has 0 bridgehead atoms. The van der Waals surface area contributed by atoms with Crippen LogP contribution in [0.25, 0.3) is 0 Å². The van der Waals surface area contributed by atoms with Crippen molar-refractivity contribution in [1.82, 2.24) is 0 Å². The Hall–Kier alpha value is 0.0969. The molecule has 0 radical (unpaired) electrons. The van der Waals surface area contributed by atoms with Gasteiger partial charge in [-0.1, -0.05) is 136 Å². The van der Waals surface area contributed by atoms with Gasteiger partial charge in [0.2, 0.25) is 0 Å². The summed E-state index contributed by atoms with van der Waals surface area (Å²) in [6.07, 6.45) is 29.1. The first-order valence-electron chi connectivity index (χ1n) is 15.2. The second-order valence-electron chi connectivity index (χ2n) is 9.87. The summed E-state index contributed by atoms with van der Waals surface area (Å²) in [6, 6.07) is 0.963. The summed E-state index contributed by atoms with van der Waals surface area (Å²) in [4.78, 5) is 0. The molecular weight excluding hydrogens is 424 g/mol. The second kappa shape index (κ2) is 26.7. The lowest BCUT2D eigenvalue weighted by molar-refractivity contribution is 0.0651. The predicted molar refractivity (Wildman–Crippen MR) is 148 cm³/mol. The molecule has 0 saturated carbocycles. The predicted octanol–water partition coefficient (Wildman–Crippen LogP) is 10.2. The molecule has 0 spiro atoms. The summed E-state index contributed by atoms with van der Waals surface area (Å²) in [7, 11) is -2.43. The van der Waals surface area contributed by atoms with E-state index in [2.05, 4.69) is 13.8 Å². The van der Waals surface area contributed by atoms with Crippen molar-refractivity contribution in [2.24, 2.45) is 0 Å². The Labute approximate surface area is 210 Å². The van der Waals surface area contributed by atoms with Crippen LogP contribution in [0, 0.1) is 0 Å². The fourth-order valence-electron chi connectivity index (χ4n) is 4.58. The molecule has 0 aliphatic carbocycles. The van der Waals surface area contributed by atoms with Gasteiger partial charge in [-0.25, -0.2) is 0 Å². The van der Waals surface area contributed by atoms with Crippen molar-refractivity contribution >= 4 is 8.80 Å². The summed E-state index contributed by atoms with van der Waals surface area (Å²) in [5, 5.41) is 0. The van der Waals surface area contributed by atoms with E-state index in [0.717, 1.165) is 31.9 Å². The minimum Gasteiger partial charge on any atom is -0.374 e. The highest BCUT2D eigenvalue weighted by Crippen LogP contribution is 2.20. The molecule has 0 aromatic rings. The average Bonchev–Trinajstić information content (AvgIpc) is 2.82. The third kappa shape index (κ3) is 22.3. The van der Waals surface area contributed by atoms with Gasteiger partial charge in [-0.15, -0.1) is 0 Å². The summed E-state index contributed by atoms with van der Waals surface area (Å²) in [5.41, 5.74) is 0. The van der Waals surface area contributed by atoms with Crippen LogP contribution in [0.1, 0.15) is 163 Å². The standard InChI is InChI=1S/C29H62O3Si/c1-5-9-11-12-13-14-15-16-17-18-19-20-21-22-23-24-25-26-27-28-32-33(30-7-3,31-8-4)29-10-6-2/h5-29H2,1-4H3. The van der Waals surface area contributed by atoms with Gasteiger partial charge in [0, 0.05) is 25.9 Å². The molecule has 0 aromatic carbocycles. The molecule has 0 saturated heterocycles. The molecule has 0 N–H and O–H groups in total. The van der Waals surface area contributed by atoms with Crippen molar-refractivity contribution in [3.8, 4) is 0 Å². The molecule has 0 rings (SSSR count). The third-order valence-corrected chi connectivity index (χ3v) is 9.70. The number of unbranched alkanes of at least 4 members (excludes halogenated alkanes) is 19. The third-order valence-electron chi connectivity index (χ3n) is 6.63. The largest absolute Gasteiger partial charge is 0.500 e. The quantitative estimate of drug-likeness (QED) is 0.0813. The van der Waals surface area contributed by atoms with E-state index in [4.69, 9.17) is 13.3 Å². The van der Waals surface area contributed by atoms with E-state index in [1.807, 2.05) is 13.8 Å². The molecule has 0 aliphatic rings. The number of hydrogen-bond donors (Lipinski definition) is 0. The van der Waals surface area contributed by atoms with Gasteiger partial charge in [0.1, 0.15) is 0 Å². The fraction of sp³-hybridized carbons (Fsp3) is 1.00. The first kappa shape index (κ1) is 33.1. The van der Waals surface area contributed by atoms with E-state index in [9.17, 15) is 0 Å². The van der Waals surface area contributed by atoms with E-state index >= 15 is 0 Å². The molecule has 4 heteroatoms. The van der Waals surface area contributed by atoms with Crippen LogP contribution in [0.5, 0.6) is 0 Å². The molecule has 3 nitrogen and oxygen atoms in total. The van der Waals surface area contributed by atoms with Gasteiger partial charge in [-0.3, -0.25) is 0 Å². The number of rotatable bonds is 28. The zero-order valence-electron chi connectivity index (χ0n) is 23.4. The lowest BCUT2D eigenvalue weighted by atomic mass is 10.0. The minimum atomic E-state index is -2.43.